The molecule has 2 nitrogen and oxygen atoms in total. The SMILES string of the molecule is C=C1C(=O)O[C@@H](C[C@@H](C)[C@H]2CC[C@H]3C(=CBr)CCC[C@]23C)C1(C)C. The molecule has 24 heavy (non-hydrogen) atoms. The molecule has 3 heteroatoms. The number of carbonyl (C=O) groups is 1. The number of carbonyl (C=O) groups excluding carboxylic acids is 1. The number of rotatable bonds is 3. The van der Waals surface area contributed by atoms with Gasteiger partial charge in [-0.25, -0.2) is 4.79 Å². The molecule has 0 aromatic rings. The Kier molecular flexibility index (Phi) is 4.79. The van der Waals surface area contributed by atoms with Crippen LogP contribution in [0.3, 0.4) is 0 Å². The number of allylic oxidation sites excluding steroid dienone is 1. The molecule has 0 radical (unpaired) electrons. The lowest BCUT2D eigenvalue weighted by Crippen LogP contribution is -2.38. The number of halogens is 1. The van der Waals surface area contributed by atoms with E-state index < -0.39 is 0 Å². The maximum atomic E-state index is 11.9. The van der Waals surface area contributed by atoms with Crippen LogP contribution in [0.5, 0.6) is 0 Å². The second kappa shape index (κ2) is 6.30. The van der Waals surface area contributed by atoms with Crippen LogP contribution in [0.25, 0.3) is 0 Å². The first-order chi connectivity index (χ1) is 11.2. The summed E-state index contributed by atoms with van der Waals surface area (Å²) in [5, 5.41) is 0. The van der Waals surface area contributed by atoms with Crippen LogP contribution in [0.15, 0.2) is 22.7 Å². The Hall–Kier alpha value is -0.570. The molecular weight excluding hydrogens is 364 g/mol. The van der Waals surface area contributed by atoms with Crippen molar-refractivity contribution in [2.75, 3.05) is 0 Å². The Balaban J connectivity index is 1.75. The van der Waals surface area contributed by atoms with E-state index in [1.54, 1.807) is 5.57 Å². The van der Waals surface area contributed by atoms with Gasteiger partial charge in [0, 0.05) is 11.0 Å². The molecule has 2 saturated carbocycles. The number of hydrogen-bond donors (Lipinski definition) is 0. The lowest BCUT2D eigenvalue weighted by molar-refractivity contribution is -0.140. The van der Waals surface area contributed by atoms with E-state index in [1.165, 1.54) is 32.1 Å². The minimum atomic E-state index is -0.238. The molecule has 3 aliphatic rings. The molecule has 0 amide bonds. The first kappa shape index (κ1) is 18.2. The molecule has 0 spiro atoms. The molecule has 0 aromatic carbocycles. The fraction of sp³-hybridized carbons (Fsp3) is 0.762. The summed E-state index contributed by atoms with van der Waals surface area (Å²) in [4.78, 5) is 14.1. The van der Waals surface area contributed by atoms with Crippen molar-refractivity contribution in [2.24, 2.45) is 28.6 Å². The molecule has 0 unspecified atom stereocenters. The monoisotopic (exact) mass is 394 g/mol. The number of cyclic esters (lactones) is 1. The predicted octanol–water partition coefficient (Wildman–Crippen LogP) is 6.02. The lowest BCUT2D eigenvalue weighted by Gasteiger charge is -2.45. The normalized spacial score (nSPS) is 41.4. The van der Waals surface area contributed by atoms with E-state index in [1.807, 2.05) is 0 Å². The third kappa shape index (κ3) is 2.71. The van der Waals surface area contributed by atoms with Crippen molar-refractivity contribution in [1.29, 1.82) is 0 Å². The molecule has 1 saturated heterocycles. The predicted molar refractivity (Wildman–Crippen MR) is 102 cm³/mol. The standard InChI is InChI=1S/C21H31BrO2/c1-13(11-18-20(3,4)14(2)19(23)24-18)16-8-9-17-15(12-22)7-6-10-21(16,17)5/h12-13,16-18H,2,6-11H2,1,3-5H3/t13-,16-,17+,18+,21-/m1/s1. The maximum absolute atomic E-state index is 11.9. The summed E-state index contributed by atoms with van der Waals surface area (Å²) in [6, 6.07) is 0. The third-order valence-electron chi connectivity index (χ3n) is 7.53. The molecule has 2 aliphatic carbocycles. The van der Waals surface area contributed by atoms with Crippen molar-refractivity contribution >= 4 is 21.9 Å². The van der Waals surface area contributed by atoms with Crippen LogP contribution in [0, 0.1) is 28.6 Å². The van der Waals surface area contributed by atoms with Crippen molar-refractivity contribution < 1.29 is 9.53 Å². The Morgan fingerprint density at radius 1 is 1.38 bits per heavy atom. The summed E-state index contributed by atoms with van der Waals surface area (Å²) in [6.45, 7) is 13.0. The van der Waals surface area contributed by atoms with Crippen LogP contribution in [0.4, 0.5) is 0 Å². The van der Waals surface area contributed by atoms with Gasteiger partial charge in [0.25, 0.3) is 0 Å². The van der Waals surface area contributed by atoms with E-state index in [9.17, 15) is 4.79 Å². The number of esters is 1. The number of hydrogen-bond acceptors (Lipinski definition) is 2. The third-order valence-corrected chi connectivity index (χ3v) is 8.12. The van der Waals surface area contributed by atoms with Gasteiger partial charge in [0.15, 0.2) is 0 Å². The van der Waals surface area contributed by atoms with Gasteiger partial charge in [-0.15, -0.1) is 0 Å². The topological polar surface area (TPSA) is 26.3 Å². The summed E-state index contributed by atoms with van der Waals surface area (Å²) in [5.74, 6) is 1.81. The summed E-state index contributed by atoms with van der Waals surface area (Å²) in [6.07, 6.45) is 7.42. The first-order valence-electron chi connectivity index (χ1n) is 9.41. The van der Waals surface area contributed by atoms with Crippen LogP contribution < -0.4 is 0 Å². The zero-order valence-electron chi connectivity index (χ0n) is 15.5. The van der Waals surface area contributed by atoms with Crippen molar-refractivity contribution in [3.8, 4) is 0 Å². The van der Waals surface area contributed by atoms with Gasteiger partial charge >= 0.3 is 5.97 Å². The van der Waals surface area contributed by atoms with E-state index in [0.717, 1.165) is 12.3 Å². The van der Waals surface area contributed by atoms with Crippen molar-refractivity contribution in [3.05, 3.63) is 22.7 Å². The van der Waals surface area contributed by atoms with E-state index in [2.05, 4.69) is 55.2 Å². The van der Waals surface area contributed by atoms with Crippen LogP contribution in [0.2, 0.25) is 0 Å². The highest BCUT2D eigenvalue weighted by molar-refractivity contribution is 9.11. The average molecular weight is 395 g/mol. The van der Waals surface area contributed by atoms with E-state index in [4.69, 9.17) is 4.74 Å². The number of ether oxygens (including phenoxy) is 1. The second-order valence-corrected chi connectivity index (χ2v) is 9.54. The van der Waals surface area contributed by atoms with Gasteiger partial charge in [0.1, 0.15) is 6.10 Å². The summed E-state index contributed by atoms with van der Waals surface area (Å²) in [7, 11) is 0. The average Bonchev–Trinajstić information content (AvgIpc) is 2.97. The molecule has 0 bridgehead atoms. The summed E-state index contributed by atoms with van der Waals surface area (Å²) < 4.78 is 5.67. The lowest BCUT2D eigenvalue weighted by atomic mass is 9.60. The minimum absolute atomic E-state index is 0.0232. The molecule has 5 atom stereocenters. The van der Waals surface area contributed by atoms with E-state index in [0.29, 0.717) is 22.8 Å². The van der Waals surface area contributed by atoms with Gasteiger partial charge < -0.3 is 4.74 Å². The van der Waals surface area contributed by atoms with Gasteiger partial charge in [0.2, 0.25) is 0 Å². The van der Waals surface area contributed by atoms with Crippen molar-refractivity contribution in [3.63, 3.8) is 0 Å². The van der Waals surface area contributed by atoms with Gasteiger partial charge in [-0.1, -0.05) is 55.8 Å². The molecular formula is C21H31BrO2. The molecule has 0 N–H and O–H groups in total. The Morgan fingerprint density at radius 2 is 2.08 bits per heavy atom. The zero-order valence-corrected chi connectivity index (χ0v) is 17.1. The van der Waals surface area contributed by atoms with E-state index >= 15 is 0 Å². The van der Waals surface area contributed by atoms with Gasteiger partial charge in [-0.3, -0.25) is 0 Å². The number of fused-ring (bicyclic) bond motifs is 1. The van der Waals surface area contributed by atoms with Crippen LogP contribution in [0.1, 0.15) is 66.2 Å². The van der Waals surface area contributed by atoms with Crippen LogP contribution in [-0.2, 0) is 9.53 Å². The highest BCUT2D eigenvalue weighted by atomic mass is 79.9. The van der Waals surface area contributed by atoms with Crippen molar-refractivity contribution in [1.82, 2.24) is 0 Å². The largest absolute Gasteiger partial charge is 0.458 e. The minimum Gasteiger partial charge on any atom is -0.458 e. The van der Waals surface area contributed by atoms with Gasteiger partial charge in [0.05, 0.1) is 0 Å². The Bertz CT molecular complexity index is 576. The highest BCUT2D eigenvalue weighted by Crippen LogP contribution is 2.60. The fourth-order valence-electron chi connectivity index (χ4n) is 5.80. The molecule has 0 aromatic heterocycles. The Morgan fingerprint density at radius 3 is 2.67 bits per heavy atom. The smallest absolute Gasteiger partial charge is 0.334 e. The van der Waals surface area contributed by atoms with Gasteiger partial charge in [-0.05, 0) is 66.7 Å². The molecule has 3 rings (SSSR count). The molecule has 134 valence electrons. The highest BCUT2D eigenvalue weighted by Gasteiger charge is 2.52. The van der Waals surface area contributed by atoms with Crippen LogP contribution in [-0.4, -0.2) is 12.1 Å². The first-order valence-corrected chi connectivity index (χ1v) is 10.3. The maximum Gasteiger partial charge on any atom is 0.334 e. The molecule has 3 fully saturated rings. The molecule has 1 aliphatic heterocycles. The zero-order chi connectivity index (χ0) is 17.7. The van der Waals surface area contributed by atoms with Crippen LogP contribution >= 0.6 is 15.9 Å². The quantitative estimate of drug-likeness (QED) is 0.432. The summed E-state index contributed by atoms with van der Waals surface area (Å²) >= 11 is 3.60. The summed E-state index contributed by atoms with van der Waals surface area (Å²) in [5.41, 5.74) is 2.41. The fourth-order valence-corrected chi connectivity index (χ4v) is 6.34. The van der Waals surface area contributed by atoms with Crippen molar-refractivity contribution in [2.45, 2.75) is 72.3 Å². The second-order valence-electron chi connectivity index (χ2n) is 9.09. The van der Waals surface area contributed by atoms with E-state index in [-0.39, 0.29) is 17.5 Å². The Labute approximate surface area is 155 Å². The molecule has 1 heterocycles. The van der Waals surface area contributed by atoms with Gasteiger partial charge in [-0.2, -0.15) is 0 Å².